The third kappa shape index (κ3) is 4.49. The van der Waals surface area contributed by atoms with E-state index in [1.165, 1.54) is 6.07 Å². The minimum Gasteiger partial charge on any atom is -0.363 e. The number of nitro benzene ring substituents is 1. The Morgan fingerprint density at radius 1 is 1.03 bits per heavy atom. The average molecular weight is 428 g/mol. The van der Waals surface area contributed by atoms with Crippen LogP contribution in [0, 0.1) is 24.0 Å². The van der Waals surface area contributed by atoms with Crippen LogP contribution in [-0.4, -0.2) is 24.7 Å². The van der Waals surface area contributed by atoms with Crippen LogP contribution in [0.1, 0.15) is 29.9 Å². The lowest BCUT2D eigenvalue weighted by Crippen LogP contribution is -2.09. The van der Waals surface area contributed by atoms with Crippen molar-refractivity contribution in [3.8, 4) is 22.4 Å². The number of aromatic nitrogens is 4. The Bertz CT molecular complexity index is 1300. The molecular formula is C24H24N6O2. The first-order valence-corrected chi connectivity index (χ1v) is 10.3. The van der Waals surface area contributed by atoms with Crippen molar-refractivity contribution in [2.75, 3.05) is 5.32 Å². The number of hydrogen-bond acceptors (Lipinski definition) is 6. The van der Waals surface area contributed by atoms with Crippen LogP contribution >= 0.6 is 0 Å². The summed E-state index contributed by atoms with van der Waals surface area (Å²) in [4.78, 5) is 19.8. The number of nitro groups is 1. The summed E-state index contributed by atoms with van der Waals surface area (Å²) < 4.78 is 1.79. The Morgan fingerprint density at radius 3 is 2.53 bits per heavy atom. The molecule has 8 nitrogen and oxygen atoms in total. The number of anilines is 1. The first-order valence-electron chi connectivity index (χ1n) is 10.3. The zero-order valence-electron chi connectivity index (χ0n) is 18.4. The van der Waals surface area contributed by atoms with Crippen molar-refractivity contribution < 1.29 is 4.92 Å². The monoisotopic (exact) mass is 428 g/mol. The minimum absolute atomic E-state index is 0.00682. The Morgan fingerprint density at radius 2 is 1.84 bits per heavy atom. The predicted octanol–water partition coefficient (Wildman–Crippen LogP) is 5.24. The highest BCUT2D eigenvalue weighted by molar-refractivity contribution is 5.66. The second-order valence-corrected chi connectivity index (χ2v) is 7.84. The van der Waals surface area contributed by atoms with E-state index in [-0.39, 0.29) is 16.7 Å². The van der Waals surface area contributed by atoms with Crippen molar-refractivity contribution in [2.24, 2.45) is 7.05 Å². The molecule has 4 rings (SSSR count). The van der Waals surface area contributed by atoms with Crippen LogP contribution in [0.2, 0.25) is 0 Å². The molecule has 2 aromatic heterocycles. The molecule has 0 radical (unpaired) electrons. The third-order valence-electron chi connectivity index (χ3n) is 5.32. The van der Waals surface area contributed by atoms with Crippen LogP contribution in [-0.2, 0) is 7.05 Å². The van der Waals surface area contributed by atoms with Gasteiger partial charge in [0, 0.05) is 48.1 Å². The summed E-state index contributed by atoms with van der Waals surface area (Å²) in [6.45, 7) is 5.64. The van der Waals surface area contributed by atoms with Gasteiger partial charge < -0.3 is 5.32 Å². The van der Waals surface area contributed by atoms with Gasteiger partial charge in [0.15, 0.2) is 0 Å². The summed E-state index contributed by atoms with van der Waals surface area (Å²) in [5.74, 6) is 1.32. The Hall–Kier alpha value is -4.07. The van der Waals surface area contributed by atoms with Crippen LogP contribution in [0.5, 0.6) is 0 Å². The number of hydrogen-bond donors (Lipinski definition) is 1. The first kappa shape index (κ1) is 21.2. The summed E-state index contributed by atoms with van der Waals surface area (Å²) >= 11 is 0. The summed E-state index contributed by atoms with van der Waals surface area (Å²) in [6, 6.07) is 15.2. The standard InChI is InChI=1S/C24H24N6O2/c1-15-10-20(8-9-23(15)30(31)32)22-12-24(28-17(3)27-22)26-16(2)18-6-5-7-19(11-18)21-13-25-29(4)14-21/h5-14,16H,1-4H3,(H,26,27,28). The van der Waals surface area contributed by atoms with Crippen LogP contribution in [0.3, 0.4) is 0 Å². The summed E-state index contributed by atoms with van der Waals surface area (Å²) in [5, 5.41) is 18.8. The molecule has 4 aromatic rings. The lowest BCUT2D eigenvalue weighted by Gasteiger charge is -2.17. The van der Waals surface area contributed by atoms with E-state index in [0.29, 0.717) is 22.9 Å². The maximum atomic E-state index is 11.1. The molecule has 0 bridgehead atoms. The van der Waals surface area contributed by atoms with Gasteiger partial charge >= 0.3 is 0 Å². The molecule has 1 atom stereocenters. The van der Waals surface area contributed by atoms with Crippen LogP contribution in [0.15, 0.2) is 60.9 Å². The smallest absolute Gasteiger partial charge is 0.272 e. The van der Waals surface area contributed by atoms with Gasteiger partial charge in [-0.3, -0.25) is 14.8 Å². The molecule has 162 valence electrons. The SMILES string of the molecule is Cc1nc(NC(C)c2cccc(-c3cnn(C)c3)c2)cc(-c2ccc([N+](=O)[O-])c(C)c2)n1. The van der Waals surface area contributed by atoms with Crippen LogP contribution in [0.25, 0.3) is 22.4 Å². The topological polar surface area (TPSA) is 98.8 Å². The van der Waals surface area contributed by atoms with Crippen molar-refractivity contribution in [3.05, 3.63) is 88.0 Å². The largest absolute Gasteiger partial charge is 0.363 e. The van der Waals surface area contributed by atoms with E-state index in [9.17, 15) is 10.1 Å². The van der Waals surface area contributed by atoms with Gasteiger partial charge in [0.25, 0.3) is 5.69 Å². The highest BCUT2D eigenvalue weighted by Crippen LogP contribution is 2.28. The second kappa shape index (κ2) is 8.58. The molecule has 2 aromatic carbocycles. The molecule has 1 N–H and O–H groups in total. The number of rotatable bonds is 6. The van der Waals surface area contributed by atoms with Gasteiger partial charge in [-0.2, -0.15) is 5.10 Å². The Balaban J connectivity index is 1.60. The molecular weight excluding hydrogens is 404 g/mol. The van der Waals surface area contributed by atoms with Crippen LogP contribution in [0.4, 0.5) is 11.5 Å². The fourth-order valence-corrected chi connectivity index (χ4v) is 3.67. The number of nitrogens with one attached hydrogen (secondary N) is 1. The van der Waals surface area contributed by atoms with E-state index in [4.69, 9.17) is 0 Å². The Kier molecular flexibility index (Phi) is 5.68. The van der Waals surface area contributed by atoms with E-state index in [1.807, 2.05) is 38.5 Å². The van der Waals surface area contributed by atoms with Crippen molar-refractivity contribution in [2.45, 2.75) is 26.8 Å². The van der Waals surface area contributed by atoms with Crippen molar-refractivity contribution in [1.29, 1.82) is 0 Å². The van der Waals surface area contributed by atoms with Gasteiger partial charge in [0.1, 0.15) is 11.6 Å². The summed E-state index contributed by atoms with van der Waals surface area (Å²) in [7, 11) is 1.90. The van der Waals surface area contributed by atoms with E-state index in [2.05, 4.69) is 45.5 Å². The molecule has 0 saturated carbocycles. The molecule has 1 unspecified atom stereocenters. The molecule has 8 heteroatoms. The van der Waals surface area contributed by atoms with E-state index >= 15 is 0 Å². The molecule has 32 heavy (non-hydrogen) atoms. The normalized spacial score (nSPS) is 11.9. The zero-order chi connectivity index (χ0) is 22.8. The van der Waals surface area contributed by atoms with E-state index < -0.39 is 0 Å². The fraction of sp³-hybridized carbons (Fsp3) is 0.208. The van der Waals surface area contributed by atoms with Gasteiger partial charge in [-0.05, 0) is 50.1 Å². The minimum atomic E-state index is -0.376. The van der Waals surface area contributed by atoms with Gasteiger partial charge in [-0.15, -0.1) is 0 Å². The maximum absolute atomic E-state index is 11.1. The summed E-state index contributed by atoms with van der Waals surface area (Å²) in [5.41, 5.74) is 5.51. The lowest BCUT2D eigenvalue weighted by molar-refractivity contribution is -0.385. The molecule has 0 aliphatic rings. The van der Waals surface area contributed by atoms with Crippen molar-refractivity contribution >= 4 is 11.5 Å². The number of aryl methyl sites for hydroxylation is 3. The third-order valence-corrected chi connectivity index (χ3v) is 5.32. The zero-order valence-corrected chi connectivity index (χ0v) is 18.4. The first-order chi connectivity index (χ1) is 15.3. The van der Waals surface area contributed by atoms with Crippen LogP contribution < -0.4 is 5.32 Å². The second-order valence-electron chi connectivity index (χ2n) is 7.84. The lowest BCUT2D eigenvalue weighted by atomic mass is 10.0. The highest BCUT2D eigenvalue weighted by atomic mass is 16.6. The predicted molar refractivity (Wildman–Crippen MR) is 124 cm³/mol. The quantitative estimate of drug-likeness (QED) is 0.333. The molecule has 2 heterocycles. The molecule has 0 fully saturated rings. The van der Waals surface area contributed by atoms with Gasteiger partial charge in [-0.1, -0.05) is 18.2 Å². The number of nitrogens with zero attached hydrogens (tertiary/aromatic N) is 5. The molecule has 0 aliphatic carbocycles. The number of benzene rings is 2. The highest BCUT2D eigenvalue weighted by Gasteiger charge is 2.14. The fourth-order valence-electron chi connectivity index (χ4n) is 3.67. The van der Waals surface area contributed by atoms with Gasteiger partial charge in [0.05, 0.1) is 16.8 Å². The molecule has 0 aliphatic heterocycles. The van der Waals surface area contributed by atoms with E-state index in [1.54, 1.807) is 23.7 Å². The maximum Gasteiger partial charge on any atom is 0.272 e. The van der Waals surface area contributed by atoms with Crippen molar-refractivity contribution in [3.63, 3.8) is 0 Å². The van der Waals surface area contributed by atoms with Crippen molar-refractivity contribution in [1.82, 2.24) is 19.7 Å². The van der Waals surface area contributed by atoms with E-state index in [0.717, 1.165) is 22.3 Å². The Labute approximate surface area is 186 Å². The van der Waals surface area contributed by atoms with Gasteiger partial charge in [-0.25, -0.2) is 9.97 Å². The molecule has 0 saturated heterocycles. The molecule has 0 spiro atoms. The average Bonchev–Trinajstić information content (AvgIpc) is 3.19. The summed E-state index contributed by atoms with van der Waals surface area (Å²) in [6.07, 6.45) is 3.84. The molecule has 0 amide bonds. The van der Waals surface area contributed by atoms with Gasteiger partial charge in [0.2, 0.25) is 0 Å².